The molecule has 90 valence electrons. The van der Waals surface area contributed by atoms with Gasteiger partial charge in [0.05, 0.1) is 10.3 Å². The smallest absolute Gasteiger partial charge is 0.252 e. The maximum atomic E-state index is 11.3. The maximum absolute atomic E-state index is 11.3. The van der Waals surface area contributed by atoms with Gasteiger partial charge >= 0.3 is 0 Å². The molecule has 2 aromatic rings. The number of aromatic nitrogens is 2. The summed E-state index contributed by atoms with van der Waals surface area (Å²) in [6, 6.07) is 5.52. The number of aryl methyl sites for hydroxylation is 1. The van der Waals surface area contributed by atoms with Crippen molar-refractivity contribution in [3.05, 3.63) is 43.0 Å². The maximum Gasteiger partial charge on any atom is 0.252 e. The van der Waals surface area contributed by atoms with E-state index < -0.39 is 0 Å². The number of rotatable bonds is 4. The van der Waals surface area contributed by atoms with E-state index in [9.17, 15) is 4.79 Å². The van der Waals surface area contributed by atoms with Gasteiger partial charge in [-0.1, -0.05) is 6.92 Å². The van der Waals surface area contributed by atoms with Gasteiger partial charge in [-0.2, -0.15) is 0 Å². The van der Waals surface area contributed by atoms with Crippen molar-refractivity contribution in [2.75, 3.05) is 5.32 Å². The summed E-state index contributed by atoms with van der Waals surface area (Å²) < 4.78 is 1.10. The molecule has 2 aromatic heterocycles. The van der Waals surface area contributed by atoms with Crippen LogP contribution in [0.1, 0.15) is 17.6 Å². The molecule has 0 aliphatic carbocycles. The first-order valence-electron chi connectivity index (χ1n) is 5.25. The largest absolute Gasteiger partial charge is 0.365 e. The molecule has 0 saturated carbocycles. The van der Waals surface area contributed by atoms with Crippen molar-refractivity contribution in [1.82, 2.24) is 9.97 Å². The Morgan fingerprint density at radius 1 is 1.53 bits per heavy atom. The third-order valence-corrected chi connectivity index (χ3v) is 3.82. The van der Waals surface area contributed by atoms with Crippen LogP contribution in [0.2, 0.25) is 0 Å². The predicted molar refractivity (Wildman–Crippen MR) is 73.6 cm³/mol. The average Bonchev–Trinajstić information content (AvgIpc) is 2.72. The molecule has 0 saturated heterocycles. The molecule has 0 radical (unpaired) electrons. The molecule has 0 atom stereocenters. The van der Waals surface area contributed by atoms with E-state index in [1.54, 1.807) is 11.3 Å². The monoisotopic (exact) mass is 313 g/mol. The normalized spacial score (nSPS) is 10.5. The summed E-state index contributed by atoms with van der Waals surface area (Å²) in [4.78, 5) is 19.5. The number of aromatic amines is 1. The van der Waals surface area contributed by atoms with Gasteiger partial charge in [0.15, 0.2) is 0 Å². The van der Waals surface area contributed by atoms with Crippen LogP contribution in [0.15, 0.2) is 26.8 Å². The Morgan fingerprint density at radius 2 is 2.35 bits per heavy atom. The fraction of sp³-hybridized carbons (Fsp3) is 0.273. The third-order valence-electron chi connectivity index (χ3n) is 2.20. The van der Waals surface area contributed by atoms with Crippen molar-refractivity contribution in [3.63, 3.8) is 0 Å². The molecule has 4 nitrogen and oxygen atoms in total. The Balaban J connectivity index is 2.08. The molecule has 0 spiro atoms. The van der Waals surface area contributed by atoms with Crippen LogP contribution >= 0.6 is 27.3 Å². The number of nitrogens with zero attached hydrogens (tertiary/aromatic N) is 1. The third kappa shape index (κ3) is 3.41. The highest BCUT2D eigenvalue weighted by Gasteiger charge is 2.01. The zero-order valence-corrected chi connectivity index (χ0v) is 11.7. The second kappa shape index (κ2) is 5.46. The first kappa shape index (κ1) is 12.3. The number of anilines is 1. The van der Waals surface area contributed by atoms with Gasteiger partial charge in [0.25, 0.3) is 5.56 Å². The summed E-state index contributed by atoms with van der Waals surface area (Å²) in [6.07, 6.45) is 0.718. The summed E-state index contributed by atoms with van der Waals surface area (Å²) in [7, 11) is 0. The Morgan fingerprint density at radius 3 is 3.00 bits per heavy atom. The summed E-state index contributed by atoms with van der Waals surface area (Å²) in [6.45, 7) is 2.63. The molecule has 2 rings (SSSR count). The minimum atomic E-state index is -0.119. The van der Waals surface area contributed by atoms with Crippen molar-refractivity contribution in [1.29, 1.82) is 0 Å². The Hall–Kier alpha value is -1.14. The van der Waals surface area contributed by atoms with Gasteiger partial charge < -0.3 is 10.3 Å². The van der Waals surface area contributed by atoms with Gasteiger partial charge in [-0.15, -0.1) is 11.3 Å². The molecule has 2 N–H and O–H groups in total. The van der Waals surface area contributed by atoms with Gasteiger partial charge in [0.1, 0.15) is 11.6 Å². The molecule has 17 heavy (non-hydrogen) atoms. The van der Waals surface area contributed by atoms with Crippen molar-refractivity contribution in [2.45, 2.75) is 19.9 Å². The lowest BCUT2D eigenvalue weighted by Crippen LogP contribution is -2.12. The van der Waals surface area contributed by atoms with Crippen LogP contribution in [0.4, 0.5) is 5.82 Å². The van der Waals surface area contributed by atoms with Crippen LogP contribution in [0.5, 0.6) is 0 Å². The van der Waals surface area contributed by atoms with E-state index in [1.165, 1.54) is 10.9 Å². The van der Waals surface area contributed by atoms with Crippen LogP contribution in [0.3, 0.4) is 0 Å². The van der Waals surface area contributed by atoms with Gasteiger partial charge in [-0.3, -0.25) is 4.79 Å². The zero-order chi connectivity index (χ0) is 12.3. The number of halogens is 1. The number of hydrogen-bond donors (Lipinski definition) is 2. The van der Waals surface area contributed by atoms with E-state index in [0.717, 1.165) is 10.2 Å². The summed E-state index contributed by atoms with van der Waals surface area (Å²) >= 11 is 5.07. The molecular formula is C11H12BrN3OS. The topological polar surface area (TPSA) is 57.8 Å². The van der Waals surface area contributed by atoms with Gasteiger partial charge in [0, 0.05) is 17.4 Å². The molecule has 0 aliphatic heterocycles. The van der Waals surface area contributed by atoms with E-state index in [2.05, 4.69) is 31.2 Å². The Kier molecular flexibility index (Phi) is 3.96. The van der Waals surface area contributed by atoms with Gasteiger partial charge in [-0.05, 0) is 28.1 Å². The van der Waals surface area contributed by atoms with E-state index in [4.69, 9.17) is 0 Å². The molecule has 6 heteroatoms. The highest BCUT2D eigenvalue weighted by atomic mass is 79.9. The first-order valence-corrected chi connectivity index (χ1v) is 6.86. The fourth-order valence-corrected chi connectivity index (χ4v) is 2.81. The van der Waals surface area contributed by atoms with E-state index >= 15 is 0 Å². The molecule has 0 amide bonds. The van der Waals surface area contributed by atoms with Crippen LogP contribution in [0.25, 0.3) is 0 Å². The van der Waals surface area contributed by atoms with Crippen LogP contribution < -0.4 is 10.9 Å². The minimum absolute atomic E-state index is 0.119. The fourth-order valence-electron chi connectivity index (χ4n) is 1.39. The SMILES string of the molecule is CCc1nc(NCc2ccc(Br)s2)cc(=O)[nH]1. The summed E-state index contributed by atoms with van der Waals surface area (Å²) in [5.41, 5.74) is -0.119. The van der Waals surface area contributed by atoms with Crippen LogP contribution in [-0.2, 0) is 13.0 Å². The second-order valence-corrected chi connectivity index (χ2v) is 6.04. The quantitative estimate of drug-likeness (QED) is 0.912. The standard InChI is InChI=1S/C11H12BrN3OS/c1-2-9-14-10(5-11(16)15-9)13-6-7-3-4-8(12)17-7/h3-5H,2,6H2,1H3,(H2,13,14,15,16). The van der Waals surface area contributed by atoms with E-state index in [1.807, 2.05) is 19.1 Å². The zero-order valence-electron chi connectivity index (χ0n) is 9.29. The van der Waals surface area contributed by atoms with E-state index in [-0.39, 0.29) is 5.56 Å². The lowest BCUT2D eigenvalue weighted by Gasteiger charge is -2.04. The molecule has 0 bridgehead atoms. The van der Waals surface area contributed by atoms with Crippen LogP contribution in [0, 0.1) is 0 Å². The van der Waals surface area contributed by atoms with Crippen molar-refractivity contribution in [2.24, 2.45) is 0 Å². The molecule has 2 heterocycles. The Labute approximate surface area is 111 Å². The summed E-state index contributed by atoms with van der Waals surface area (Å²) in [5, 5.41) is 3.15. The minimum Gasteiger partial charge on any atom is -0.365 e. The number of H-pyrrole nitrogens is 1. The van der Waals surface area contributed by atoms with Crippen LogP contribution in [-0.4, -0.2) is 9.97 Å². The number of nitrogens with one attached hydrogen (secondary N) is 2. The highest BCUT2D eigenvalue weighted by Crippen LogP contribution is 2.22. The van der Waals surface area contributed by atoms with Crippen molar-refractivity contribution < 1.29 is 0 Å². The molecule has 0 aliphatic rings. The lowest BCUT2D eigenvalue weighted by molar-refractivity contribution is 0.916. The first-order chi connectivity index (χ1) is 8.17. The summed E-state index contributed by atoms with van der Waals surface area (Å²) in [5.74, 6) is 1.32. The predicted octanol–water partition coefficient (Wildman–Crippen LogP) is 2.77. The number of hydrogen-bond acceptors (Lipinski definition) is 4. The van der Waals surface area contributed by atoms with Crippen molar-refractivity contribution >= 4 is 33.1 Å². The molecule has 0 aromatic carbocycles. The number of thiophene rings is 1. The van der Waals surface area contributed by atoms with Gasteiger partial charge in [0.2, 0.25) is 0 Å². The average molecular weight is 314 g/mol. The van der Waals surface area contributed by atoms with Gasteiger partial charge in [-0.25, -0.2) is 4.98 Å². The highest BCUT2D eigenvalue weighted by molar-refractivity contribution is 9.11. The molecular weight excluding hydrogens is 302 g/mol. The molecule has 0 unspecified atom stereocenters. The Bertz CT molecular complexity index is 564. The molecule has 0 fully saturated rings. The van der Waals surface area contributed by atoms with E-state index in [0.29, 0.717) is 18.2 Å². The van der Waals surface area contributed by atoms with Crippen molar-refractivity contribution in [3.8, 4) is 0 Å². The second-order valence-electron chi connectivity index (χ2n) is 3.49. The lowest BCUT2D eigenvalue weighted by atomic mass is 10.4.